The molecule has 0 aliphatic heterocycles. The first-order valence-electron chi connectivity index (χ1n) is 6.84. The van der Waals surface area contributed by atoms with Gasteiger partial charge in [-0.1, -0.05) is 12.8 Å². The Morgan fingerprint density at radius 3 is 2.62 bits per heavy atom. The van der Waals surface area contributed by atoms with Crippen LogP contribution in [-0.2, 0) is 4.79 Å². The van der Waals surface area contributed by atoms with E-state index < -0.39 is 23.6 Å². The molecule has 3 amide bonds. The number of rotatable bonds is 4. The van der Waals surface area contributed by atoms with Crippen LogP contribution in [0.1, 0.15) is 25.7 Å². The van der Waals surface area contributed by atoms with E-state index in [1.807, 2.05) is 0 Å². The zero-order chi connectivity index (χ0) is 15.2. The van der Waals surface area contributed by atoms with E-state index in [0.717, 1.165) is 43.9 Å². The fraction of sp³-hybridized carbons (Fsp3) is 0.429. The van der Waals surface area contributed by atoms with Gasteiger partial charge in [-0.15, -0.1) is 0 Å². The zero-order valence-corrected chi connectivity index (χ0v) is 11.4. The number of amides is 3. The van der Waals surface area contributed by atoms with Crippen molar-refractivity contribution < 1.29 is 18.4 Å². The molecule has 1 fully saturated rings. The first-order chi connectivity index (χ1) is 10.0. The van der Waals surface area contributed by atoms with Gasteiger partial charge < -0.3 is 10.6 Å². The van der Waals surface area contributed by atoms with E-state index in [1.165, 1.54) is 0 Å². The highest BCUT2D eigenvalue weighted by molar-refractivity contribution is 5.96. The van der Waals surface area contributed by atoms with Crippen LogP contribution < -0.4 is 16.0 Å². The molecule has 0 bridgehead atoms. The van der Waals surface area contributed by atoms with Crippen LogP contribution in [0.25, 0.3) is 0 Å². The van der Waals surface area contributed by atoms with Crippen molar-refractivity contribution in [3.8, 4) is 0 Å². The Labute approximate surface area is 121 Å². The highest BCUT2D eigenvalue weighted by Crippen LogP contribution is 2.17. The molecule has 1 aliphatic rings. The van der Waals surface area contributed by atoms with Gasteiger partial charge in [0.25, 0.3) is 0 Å². The van der Waals surface area contributed by atoms with Crippen LogP contribution >= 0.6 is 0 Å². The summed E-state index contributed by atoms with van der Waals surface area (Å²) in [6, 6.07) is 2.43. The fourth-order valence-electron chi connectivity index (χ4n) is 2.27. The molecule has 114 valence electrons. The van der Waals surface area contributed by atoms with Crippen molar-refractivity contribution in [3.05, 3.63) is 29.8 Å². The largest absolute Gasteiger partial charge is 0.374 e. The Balaban J connectivity index is 1.76. The molecule has 0 unspecified atom stereocenters. The standard InChI is InChI=1S/C14H17F2N3O2/c15-9-5-6-11(16)12(7-9)17-8-13(20)19-14(21)18-10-3-1-2-4-10/h5-7,10,17H,1-4,8H2,(H2,18,19,20,21). The van der Waals surface area contributed by atoms with E-state index in [1.54, 1.807) is 0 Å². The number of urea groups is 1. The lowest BCUT2D eigenvalue weighted by atomic mass is 10.2. The third kappa shape index (κ3) is 4.70. The van der Waals surface area contributed by atoms with Crippen LogP contribution in [0, 0.1) is 11.6 Å². The predicted molar refractivity (Wildman–Crippen MR) is 73.8 cm³/mol. The number of halogens is 2. The van der Waals surface area contributed by atoms with E-state index >= 15 is 0 Å². The average Bonchev–Trinajstić information content (AvgIpc) is 2.92. The number of nitrogens with one attached hydrogen (secondary N) is 3. The number of imide groups is 1. The first-order valence-corrected chi connectivity index (χ1v) is 6.84. The molecule has 7 heteroatoms. The van der Waals surface area contributed by atoms with E-state index in [-0.39, 0.29) is 18.3 Å². The molecule has 0 saturated heterocycles. The number of benzene rings is 1. The molecule has 21 heavy (non-hydrogen) atoms. The fourth-order valence-corrected chi connectivity index (χ4v) is 2.27. The molecule has 0 heterocycles. The Bertz CT molecular complexity index is 531. The maximum atomic E-state index is 13.3. The van der Waals surface area contributed by atoms with E-state index in [9.17, 15) is 18.4 Å². The Morgan fingerprint density at radius 1 is 1.19 bits per heavy atom. The van der Waals surface area contributed by atoms with Crippen molar-refractivity contribution in [1.29, 1.82) is 0 Å². The maximum Gasteiger partial charge on any atom is 0.321 e. The SMILES string of the molecule is O=C(CNc1cc(F)ccc1F)NC(=O)NC1CCCC1. The third-order valence-corrected chi connectivity index (χ3v) is 3.31. The van der Waals surface area contributed by atoms with E-state index in [0.29, 0.717) is 0 Å². The lowest BCUT2D eigenvalue weighted by Crippen LogP contribution is -2.45. The lowest BCUT2D eigenvalue weighted by Gasteiger charge is -2.12. The molecule has 0 atom stereocenters. The monoisotopic (exact) mass is 297 g/mol. The zero-order valence-electron chi connectivity index (χ0n) is 11.4. The molecular formula is C14H17F2N3O2. The van der Waals surface area contributed by atoms with Gasteiger partial charge in [-0.2, -0.15) is 0 Å². The van der Waals surface area contributed by atoms with Gasteiger partial charge >= 0.3 is 6.03 Å². The average molecular weight is 297 g/mol. The predicted octanol–water partition coefficient (Wildman–Crippen LogP) is 2.15. The van der Waals surface area contributed by atoms with Gasteiger partial charge in [0, 0.05) is 6.04 Å². The molecule has 1 saturated carbocycles. The third-order valence-electron chi connectivity index (χ3n) is 3.31. The summed E-state index contributed by atoms with van der Waals surface area (Å²) in [5.74, 6) is -1.90. The number of hydrogen-bond acceptors (Lipinski definition) is 3. The minimum atomic E-state index is -0.667. The summed E-state index contributed by atoms with van der Waals surface area (Å²) in [6.07, 6.45) is 3.96. The van der Waals surface area contributed by atoms with Crippen LogP contribution in [-0.4, -0.2) is 24.5 Å². The van der Waals surface area contributed by atoms with Crippen LogP contribution in [0.15, 0.2) is 18.2 Å². The Morgan fingerprint density at radius 2 is 1.90 bits per heavy atom. The van der Waals surface area contributed by atoms with Crippen molar-refractivity contribution >= 4 is 17.6 Å². The van der Waals surface area contributed by atoms with Crippen LogP contribution in [0.3, 0.4) is 0 Å². The van der Waals surface area contributed by atoms with Crippen LogP contribution in [0.2, 0.25) is 0 Å². The summed E-state index contributed by atoms with van der Waals surface area (Å²) >= 11 is 0. The van der Waals surface area contributed by atoms with E-state index in [2.05, 4.69) is 16.0 Å². The molecule has 0 aromatic heterocycles. The molecule has 3 N–H and O–H groups in total. The minimum Gasteiger partial charge on any atom is -0.374 e. The summed E-state index contributed by atoms with van der Waals surface area (Å²) < 4.78 is 26.3. The first kappa shape index (κ1) is 15.2. The smallest absolute Gasteiger partial charge is 0.321 e. The van der Waals surface area contributed by atoms with Gasteiger partial charge in [0.05, 0.1) is 12.2 Å². The highest BCUT2D eigenvalue weighted by atomic mass is 19.1. The Kier molecular flexibility index (Phi) is 5.08. The summed E-state index contributed by atoms with van der Waals surface area (Å²) in [7, 11) is 0. The molecule has 5 nitrogen and oxygen atoms in total. The molecule has 1 aromatic rings. The van der Waals surface area contributed by atoms with Crippen molar-refractivity contribution in [2.75, 3.05) is 11.9 Å². The van der Waals surface area contributed by atoms with Gasteiger partial charge in [0.1, 0.15) is 11.6 Å². The number of anilines is 1. The van der Waals surface area contributed by atoms with Crippen LogP contribution in [0.4, 0.5) is 19.3 Å². The lowest BCUT2D eigenvalue weighted by molar-refractivity contribution is -0.118. The number of hydrogen-bond donors (Lipinski definition) is 3. The number of carbonyl (C=O) groups excluding carboxylic acids is 2. The Hall–Kier alpha value is -2.18. The topological polar surface area (TPSA) is 70.2 Å². The number of carbonyl (C=O) groups is 2. The second kappa shape index (κ2) is 7.01. The normalized spacial score (nSPS) is 14.8. The summed E-state index contributed by atoms with van der Waals surface area (Å²) in [5, 5.41) is 7.28. The van der Waals surface area contributed by atoms with Crippen molar-refractivity contribution in [2.24, 2.45) is 0 Å². The van der Waals surface area contributed by atoms with Gasteiger partial charge in [0.2, 0.25) is 5.91 Å². The van der Waals surface area contributed by atoms with Crippen molar-refractivity contribution in [1.82, 2.24) is 10.6 Å². The summed E-state index contributed by atoms with van der Waals surface area (Å²) in [6.45, 7) is -0.321. The van der Waals surface area contributed by atoms with E-state index in [4.69, 9.17) is 0 Å². The molecule has 0 radical (unpaired) electrons. The summed E-state index contributed by atoms with van der Waals surface area (Å²) in [4.78, 5) is 23.1. The second-order valence-electron chi connectivity index (χ2n) is 4.98. The van der Waals surface area contributed by atoms with Crippen LogP contribution in [0.5, 0.6) is 0 Å². The molecule has 1 aliphatic carbocycles. The van der Waals surface area contributed by atoms with Crippen molar-refractivity contribution in [3.63, 3.8) is 0 Å². The minimum absolute atomic E-state index is 0.103. The summed E-state index contributed by atoms with van der Waals surface area (Å²) in [5.41, 5.74) is -0.124. The maximum absolute atomic E-state index is 13.3. The molecule has 0 spiro atoms. The molecule has 2 rings (SSSR count). The van der Waals surface area contributed by atoms with Gasteiger partial charge in [0.15, 0.2) is 0 Å². The van der Waals surface area contributed by atoms with Crippen molar-refractivity contribution in [2.45, 2.75) is 31.7 Å². The van der Waals surface area contributed by atoms with Gasteiger partial charge in [-0.25, -0.2) is 13.6 Å². The van der Waals surface area contributed by atoms with Gasteiger partial charge in [-0.05, 0) is 31.0 Å². The second-order valence-corrected chi connectivity index (χ2v) is 4.98. The molecule has 1 aromatic carbocycles. The van der Waals surface area contributed by atoms with Gasteiger partial charge in [-0.3, -0.25) is 10.1 Å². The molecular weight excluding hydrogens is 280 g/mol. The highest BCUT2D eigenvalue weighted by Gasteiger charge is 2.18. The quantitative estimate of drug-likeness (QED) is 0.797.